The number of aromatic nitrogens is 3. The minimum absolute atomic E-state index is 0.136. The van der Waals surface area contributed by atoms with Gasteiger partial charge in [0, 0.05) is 28.9 Å². The highest BCUT2D eigenvalue weighted by Crippen LogP contribution is 2.17. The first-order valence-corrected chi connectivity index (χ1v) is 8.26. The van der Waals surface area contributed by atoms with Crippen molar-refractivity contribution in [3.05, 3.63) is 65.5 Å². The van der Waals surface area contributed by atoms with Gasteiger partial charge in [0.1, 0.15) is 5.82 Å². The van der Waals surface area contributed by atoms with E-state index in [1.807, 2.05) is 13.8 Å². The zero-order chi connectivity index (χ0) is 18.5. The Bertz CT molecular complexity index is 914. The maximum absolute atomic E-state index is 12.4. The predicted molar refractivity (Wildman–Crippen MR) is 99.0 cm³/mol. The van der Waals surface area contributed by atoms with E-state index in [4.69, 9.17) is 0 Å². The monoisotopic (exact) mass is 349 g/mol. The molecule has 0 radical (unpaired) electrons. The number of nitrogens with one attached hydrogen (secondary N) is 3. The molecule has 3 aromatic rings. The summed E-state index contributed by atoms with van der Waals surface area (Å²) < 4.78 is 0. The maximum atomic E-state index is 12.4. The quantitative estimate of drug-likeness (QED) is 0.659. The van der Waals surface area contributed by atoms with Crippen LogP contribution < -0.4 is 10.6 Å². The fourth-order valence-corrected chi connectivity index (χ4v) is 2.41. The van der Waals surface area contributed by atoms with E-state index < -0.39 is 0 Å². The topological polar surface area (TPSA) is 99.8 Å². The number of amides is 2. The molecule has 0 spiro atoms. The van der Waals surface area contributed by atoms with E-state index in [0.29, 0.717) is 29.2 Å². The lowest BCUT2D eigenvalue weighted by Gasteiger charge is -2.07. The van der Waals surface area contributed by atoms with E-state index in [1.165, 1.54) is 0 Å². The van der Waals surface area contributed by atoms with Crippen LogP contribution >= 0.6 is 0 Å². The molecule has 2 aromatic carbocycles. The van der Waals surface area contributed by atoms with Gasteiger partial charge in [-0.15, -0.1) is 0 Å². The van der Waals surface area contributed by atoms with Crippen LogP contribution in [-0.4, -0.2) is 33.5 Å². The lowest BCUT2D eigenvalue weighted by molar-refractivity contribution is 0.0955. The van der Waals surface area contributed by atoms with Crippen LogP contribution in [-0.2, 0) is 0 Å². The van der Waals surface area contributed by atoms with Crippen LogP contribution in [0, 0.1) is 6.92 Å². The van der Waals surface area contributed by atoms with E-state index in [-0.39, 0.29) is 11.8 Å². The van der Waals surface area contributed by atoms with Gasteiger partial charge in [0.2, 0.25) is 0 Å². The summed E-state index contributed by atoms with van der Waals surface area (Å²) in [6.07, 6.45) is 0. The second kappa shape index (κ2) is 7.60. The summed E-state index contributed by atoms with van der Waals surface area (Å²) in [6.45, 7) is 4.26. The summed E-state index contributed by atoms with van der Waals surface area (Å²) >= 11 is 0. The Hall–Kier alpha value is -3.48. The third-order valence-corrected chi connectivity index (χ3v) is 3.74. The summed E-state index contributed by atoms with van der Waals surface area (Å²) in [5, 5.41) is 12.4. The number of aromatic amines is 1. The molecule has 3 rings (SSSR count). The fourth-order valence-electron chi connectivity index (χ4n) is 2.41. The molecule has 26 heavy (non-hydrogen) atoms. The van der Waals surface area contributed by atoms with Crippen LogP contribution in [0.15, 0.2) is 48.5 Å². The van der Waals surface area contributed by atoms with Crippen LogP contribution in [0.5, 0.6) is 0 Å². The second-order valence-corrected chi connectivity index (χ2v) is 5.71. The molecule has 0 bridgehead atoms. The lowest BCUT2D eigenvalue weighted by Crippen LogP contribution is -2.22. The number of hydrogen-bond acceptors (Lipinski definition) is 4. The smallest absolute Gasteiger partial charge is 0.255 e. The van der Waals surface area contributed by atoms with Crippen LogP contribution in [0.4, 0.5) is 5.69 Å². The second-order valence-electron chi connectivity index (χ2n) is 5.71. The van der Waals surface area contributed by atoms with E-state index in [1.54, 1.807) is 48.5 Å². The van der Waals surface area contributed by atoms with Crippen molar-refractivity contribution in [1.29, 1.82) is 0 Å². The summed E-state index contributed by atoms with van der Waals surface area (Å²) in [6, 6.07) is 13.8. The van der Waals surface area contributed by atoms with Crippen molar-refractivity contribution in [2.45, 2.75) is 13.8 Å². The number of carbonyl (C=O) groups excluding carboxylic acids is 2. The normalized spacial score (nSPS) is 10.4. The number of H-pyrrole nitrogens is 1. The van der Waals surface area contributed by atoms with Gasteiger partial charge < -0.3 is 10.6 Å². The standard InChI is InChI=1S/C19H19N5O2/c1-3-20-18(25)14-8-10-16(11-9-14)22-19(26)15-6-4-13(5-7-15)17-21-12(2)23-24-17/h4-11H,3H2,1-2H3,(H,20,25)(H,22,26)(H,21,23,24). The van der Waals surface area contributed by atoms with Crippen molar-refractivity contribution < 1.29 is 9.59 Å². The minimum atomic E-state index is -0.228. The highest BCUT2D eigenvalue weighted by molar-refractivity contribution is 6.04. The first-order valence-electron chi connectivity index (χ1n) is 8.26. The van der Waals surface area contributed by atoms with Crippen molar-refractivity contribution in [2.75, 3.05) is 11.9 Å². The van der Waals surface area contributed by atoms with Gasteiger partial charge in [0.05, 0.1) is 0 Å². The first kappa shape index (κ1) is 17.3. The Labute approximate surface area is 150 Å². The van der Waals surface area contributed by atoms with Gasteiger partial charge in [-0.1, -0.05) is 12.1 Å². The average Bonchev–Trinajstić information content (AvgIpc) is 3.09. The molecule has 0 saturated carbocycles. The number of nitrogens with zero attached hydrogens (tertiary/aromatic N) is 2. The number of anilines is 1. The molecule has 0 fully saturated rings. The van der Waals surface area contributed by atoms with Crippen LogP contribution in [0.25, 0.3) is 11.4 Å². The zero-order valence-corrected chi connectivity index (χ0v) is 14.5. The maximum Gasteiger partial charge on any atom is 0.255 e. The van der Waals surface area contributed by atoms with Gasteiger partial charge in [0.25, 0.3) is 11.8 Å². The molecule has 1 heterocycles. The summed E-state index contributed by atoms with van der Waals surface area (Å²) in [5.74, 6) is 0.963. The molecule has 0 saturated heterocycles. The predicted octanol–water partition coefficient (Wildman–Crippen LogP) is 2.78. The summed E-state index contributed by atoms with van der Waals surface area (Å²) in [4.78, 5) is 28.4. The van der Waals surface area contributed by atoms with E-state index in [0.717, 1.165) is 11.4 Å². The van der Waals surface area contributed by atoms with Crippen molar-refractivity contribution in [3.8, 4) is 11.4 Å². The Morgan fingerprint density at radius 3 is 2.15 bits per heavy atom. The number of aryl methyl sites for hydroxylation is 1. The van der Waals surface area contributed by atoms with Gasteiger partial charge in [-0.3, -0.25) is 14.7 Å². The van der Waals surface area contributed by atoms with Gasteiger partial charge in [-0.25, -0.2) is 4.98 Å². The molecule has 0 aliphatic carbocycles. The highest BCUT2D eigenvalue weighted by Gasteiger charge is 2.09. The Balaban J connectivity index is 1.67. The largest absolute Gasteiger partial charge is 0.352 e. The molecule has 0 aliphatic rings. The van der Waals surface area contributed by atoms with E-state index in [9.17, 15) is 9.59 Å². The van der Waals surface area contributed by atoms with Crippen LogP contribution in [0.1, 0.15) is 33.5 Å². The number of hydrogen-bond donors (Lipinski definition) is 3. The molecular weight excluding hydrogens is 330 g/mol. The zero-order valence-electron chi connectivity index (χ0n) is 14.5. The molecule has 3 N–H and O–H groups in total. The Morgan fingerprint density at radius 2 is 1.58 bits per heavy atom. The summed E-state index contributed by atoms with van der Waals surface area (Å²) in [7, 11) is 0. The Kier molecular flexibility index (Phi) is 5.07. The van der Waals surface area contributed by atoms with Gasteiger partial charge >= 0.3 is 0 Å². The third-order valence-electron chi connectivity index (χ3n) is 3.74. The number of benzene rings is 2. The molecule has 7 nitrogen and oxygen atoms in total. The number of carbonyl (C=O) groups is 2. The molecule has 7 heteroatoms. The number of rotatable bonds is 5. The molecule has 132 valence electrons. The highest BCUT2D eigenvalue weighted by atomic mass is 16.2. The average molecular weight is 349 g/mol. The van der Waals surface area contributed by atoms with Crippen molar-refractivity contribution >= 4 is 17.5 Å². The van der Waals surface area contributed by atoms with Gasteiger partial charge in [-0.2, -0.15) is 5.10 Å². The first-order chi connectivity index (χ1) is 12.6. The van der Waals surface area contributed by atoms with Crippen LogP contribution in [0.3, 0.4) is 0 Å². The molecule has 0 unspecified atom stereocenters. The molecular formula is C19H19N5O2. The van der Waals surface area contributed by atoms with Crippen molar-refractivity contribution in [2.24, 2.45) is 0 Å². The molecule has 0 atom stereocenters. The molecule has 2 amide bonds. The van der Waals surface area contributed by atoms with E-state index in [2.05, 4.69) is 25.8 Å². The van der Waals surface area contributed by atoms with E-state index >= 15 is 0 Å². The SMILES string of the molecule is CCNC(=O)c1ccc(NC(=O)c2ccc(-c3n[nH]c(C)n3)cc2)cc1. The third kappa shape index (κ3) is 3.94. The minimum Gasteiger partial charge on any atom is -0.352 e. The summed E-state index contributed by atoms with van der Waals surface area (Å²) in [5.41, 5.74) is 2.53. The van der Waals surface area contributed by atoms with Gasteiger partial charge in [0.15, 0.2) is 5.82 Å². The van der Waals surface area contributed by atoms with Gasteiger partial charge in [-0.05, 0) is 50.2 Å². The fraction of sp³-hybridized carbons (Fsp3) is 0.158. The molecule has 1 aromatic heterocycles. The molecule has 0 aliphatic heterocycles. The lowest BCUT2D eigenvalue weighted by atomic mass is 10.1. The van der Waals surface area contributed by atoms with Crippen molar-refractivity contribution in [3.63, 3.8) is 0 Å². The van der Waals surface area contributed by atoms with Crippen molar-refractivity contribution in [1.82, 2.24) is 20.5 Å². The Morgan fingerprint density at radius 1 is 0.962 bits per heavy atom. The van der Waals surface area contributed by atoms with Crippen LogP contribution in [0.2, 0.25) is 0 Å².